The number of nitrogens with zero attached hydrogens (tertiary/aromatic N) is 2. The highest BCUT2D eigenvalue weighted by Crippen LogP contribution is 2.45. The summed E-state index contributed by atoms with van der Waals surface area (Å²) in [5.74, 6) is -2.50. The first kappa shape index (κ1) is 30.6. The molecule has 0 saturated heterocycles. The van der Waals surface area contributed by atoms with Gasteiger partial charge in [-0.3, -0.25) is 9.48 Å². The predicted octanol–water partition coefficient (Wildman–Crippen LogP) is 8.65. The van der Waals surface area contributed by atoms with Gasteiger partial charge in [0.25, 0.3) is 0 Å². The molecule has 232 valence electrons. The number of carbonyl (C=O) groups excluding carboxylic acids is 1. The normalized spacial score (nSPS) is 18.1. The number of hydrogen-bond donors (Lipinski definition) is 1. The van der Waals surface area contributed by atoms with Crippen molar-refractivity contribution < 1.29 is 36.9 Å². The van der Waals surface area contributed by atoms with E-state index in [-0.39, 0.29) is 28.4 Å². The second-order valence-corrected chi connectivity index (χ2v) is 11.5. The van der Waals surface area contributed by atoms with Crippen LogP contribution in [0, 0.1) is 11.7 Å². The molecule has 11 heteroatoms. The summed E-state index contributed by atoms with van der Waals surface area (Å²) in [6.07, 6.45) is -3.55. The SMILES string of the molecule is CC(=O)OC1(O)c2cccc(Oc3cccc(-c4c5cccc(C(F)(F)F)c5nn4Cc4ccc(F)cc4Cl)c3)c2CCC1C. The van der Waals surface area contributed by atoms with Gasteiger partial charge >= 0.3 is 12.1 Å². The number of fused-ring (bicyclic) bond motifs is 2. The topological polar surface area (TPSA) is 73.6 Å². The lowest BCUT2D eigenvalue weighted by Crippen LogP contribution is -2.42. The van der Waals surface area contributed by atoms with Gasteiger partial charge in [0.05, 0.1) is 17.8 Å². The Kier molecular flexibility index (Phi) is 7.82. The number of ether oxygens (including phenoxy) is 2. The van der Waals surface area contributed by atoms with E-state index in [0.717, 1.165) is 12.1 Å². The summed E-state index contributed by atoms with van der Waals surface area (Å²) >= 11 is 6.28. The standard InChI is InChI=1S/C34H27ClF4N2O4/c1-19-12-15-25-27(33(19,43)45-20(2)42)9-5-11-30(25)44-24-7-3-6-21(16-24)32-26-8-4-10-28(34(37,38)39)31(26)40-41(32)18-22-13-14-23(36)17-29(22)35/h3-11,13-14,16-17,19,43H,12,15,18H2,1-2H3. The van der Waals surface area contributed by atoms with Crippen molar-refractivity contribution >= 4 is 28.5 Å². The van der Waals surface area contributed by atoms with Gasteiger partial charge in [0, 0.05) is 39.9 Å². The summed E-state index contributed by atoms with van der Waals surface area (Å²) in [5, 5.41) is 16.1. The molecular formula is C34H27ClF4N2O4. The van der Waals surface area contributed by atoms with Crippen LogP contribution in [-0.2, 0) is 34.5 Å². The van der Waals surface area contributed by atoms with Crippen molar-refractivity contribution in [3.05, 3.63) is 112 Å². The summed E-state index contributed by atoms with van der Waals surface area (Å²) in [6.45, 7) is 3.02. The minimum atomic E-state index is -4.65. The van der Waals surface area contributed by atoms with Gasteiger partial charge < -0.3 is 14.6 Å². The molecule has 1 N–H and O–H groups in total. The number of aliphatic hydroxyl groups is 1. The van der Waals surface area contributed by atoms with Crippen LogP contribution in [0.25, 0.3) is 22.2 Å². The number of hydrogen-bond acceptors (Lipinski definition) is 5. The van der Waals surface area contributed by atoms with Gasteiger partial charge in [-0.2, -0.15) is 18.3 Å². The molecule has 0 fully saturated rings. The van der Waals surface area contributed by atoms with E-state index >= 15 is 0 Å². The highest BCUT2D eigenvalue weighted by Gasteiger charge is 2.44. The molecule has 0 saturated carbocycles. The number of esters is 1. The van der Waals surface area contributed by atoms with Gasteiger partial charge in [-0.05, 0) is 54.8 Å². The molecule has 1 aliphatic carbocycles. The number of aromatic nitrogens is 2. The van der Waals surface area contributed by atoms with Crippen molar-refractivity contribution in [3.8, 4) is 22.8 Å². The molecule has 1 aromatic heterocycles. The predicted molar refractivity (Wildman–Crippen MR) is 160 cm³/mol. The van der Waals surface area contributed by atoms with Crippen LogP contribution in [-0.4, -0.2) is 20.9 Å². The highest BCUT2D eigenvalue weighted by atomic mass is 35.5. The number of carbonyl (C=O) groups is 1. The fourth-order valence-electron chi connectivity index (χ4n) is 5.90. The highest BCUT2D eigenvalue weighted by molar-refractivity contribution is 6.31. The molecule has 6 rings (SSSR count). The minimum Gasteiger partial charge on any atom is -0.457 e. The molecule has 0 aliphatic heterocycles. The molecule has 45 heavy (non-hydrogen) atoms. The van der Waals surface area contributed by atoms with E-state index in [4.69, 9.17) is 21.1 Å². The van der Waals surface area contributed by atoms with Crippen molar-refractivity contribution in [2.45, 2.75) is 45.2 Å². The lowest BCUT2D eigenvalue weighted by atomic mass is 9.79. The molecule has 1 heterocycles. The first-order valence-corrected chi connectivity index (χ1v) is 14.6. The van der Waals surface area contributed by atoms with Crippen molar-refractivity contribution in [1.29, 1.82) is 0 Å². The monoisotopic (exact) mass is 638 g/mol. The van der Waals surface area contributed by atoms with Crippen LogP contribution in [0.3, 0.4) is 0 Å². The Bertz CT molecular complexity index is 1940. The summed E-state index contributed by atoms with van der Waals surface area (Å²) in [4.78, 5) is 11.8. The Morgan fingerprint density at radius 1 is 1.09 bits per heavy atom. The van der Waals surface area contributed by atoms with Crippen LogP contribution in [0.2, 0.25) is 5.02 Å². The van der Waals surface area contributed by atoms with Crippen LogP contribution >= 0.6 is 11.6 Å². The third-order valence-corrected chi connectivity index (χ3v) is 8.41. The first-order chi connectivity index (χ1) is 21.3. The summed E-state index contributed by atoms with van der Waals surface area (Å²) in [7, 11) is 0. The van der Waals surface area contributed by atoms with E-state index in [1.54, 1.807) is 55.5 Å². The van der Waals surface area contributed by atoms with Crippen LogP contribution in [0.5, 0.6) is 11.5 Å². The zero-order valence-electron chi connectivity index (χ0n) is 24.2. The van der Waals surface area contributed by atoms with Gasteiger partial charge in [0.15, 0.2) is 0 Å². The molecule has 4 aromatic carbocycles. The van der Waals surface area contributed by atoms with Gasteiger partial charge in [-0.25, -0.2) is 4.39 Å². The molecule has 0 spiro atoms. The average Bonchev–Trinajstić information content (AvgIpc) is 3.34. The molecule has 2 unspecified atom stereocenters. The lowest BCUT2D eigenvalue weighted by molar-refractivity contribution is -0.239. The van der Waals surface area contributed by atoms with E-state index in [0.29, 0.717) is 52.3 Å². The average molecular weight is 639 g/mol. The van der Waals surface area contributed by atoms with Crippen LogP contribution in [0.15, 0.2) is 78.9 Å². The van der Waals surface area contributed by atoms with E-state index in [2.05, 4.69) is 5.10 Å². The first-order valence-electron chi connectivity index (χ1n) is 14.2. The Labute approximate surface area is 260 Å². The minimum absolute atomic E-state index is 0.0232. The van der Waals surface area contributed by atoms with E-state index in [1.807, 2.05) is 0 Å². The maximum atomic E-state index is 14.0. The number of alkyl halides is 3. The Morgan fingerprint density at radius 3 is 2.58 bits per heavy atom. The van der Waals surface area contributed by atoms with Crippen molar-refractivity contribution in [1.82, 2.24) is 9.78 Å². The quantitative estimate of drug-likeness (QED) is 0.114. The second-order valence-electron chi connectivity index (χ2n) is 11.1. The smallest absolute Gasteiger partial charge is 0.418 e. The van der Waals surface area contributed by atoms with Gasteiger partial charge in [-0.1, -0.05) is 61.0 Å². The fraction of sp³-hybridized carbons (Fsp3) is 0.235. The maximum Gasteiger partial charge on any atom is 0.418 e. The number of halogens is 5. The Balaban J connectivity index is 1.45. The van der Waals surface area contributed by atoms with E-state index < -0.39 is 29.3 Å². The summed E-state index contributed by atoms with van der Waals surface area (Å²) in [5.41, 5.74) is 1.37. The van der Waals surface area contributed by atoms with Crippen molar-refractivity contribution in [2.75, 3.05) is 0 Å². The van der Waals surface area contributed by atoms with Crippen molar-refractivity contribution in [2.24, 2.45) is 5.92 Å². The fourth-order valence-corrected chi connectivity index (χ4v) is 6.12. The Morgan fingerprint density at radius 2 is 1.84 bits per heavy atom. The molecule has 0 bridgehead atoms. The van der Waals surface area contributed by atoms with Gasteiger partial charge in [0.1, 0.15) is 22.8 Å². The van der Waals surface area contributed by atoms with E-state index in [9.17, 15) is 27.5 Å². The number of rotatable bonds is 6. The second kappa shape index (κ2) is 11.5. The molecule has 2 atom stereocenters. The molecular weight excluding hydrogens is 612 g/mol. The largest absolute Gasteiger partial charge is 0.457 e. The molecule has 6 nitrogen and oxygen atoms in total. The molecule has 1 aliphatic rings. The van der Waals surface area contributed by atoms with Gasteiger partial charge in [-0.15, -0.1) is 0 Å². The van der Waals surface area contributed by atoms with Crippen LogP contribution in [0.1, 0.15) is 42.5 Å². The zero-order chi connectivity index (χ0) is 32.1. The van der Waals surface area contributed by atoms with Crippen LogP contribution in [0.4, 0.5) is 17.6 Å². The van der Waals surface area contributed by atoms with Crippen molar-refractivity contribution in [3.63, 3.8) is 0 Å². The number of benzene rings is 4. The lowest BCUT2D eigenvalue weighted by Gasteiger charge is -2.39. The summed E-state index contributed by atoms with van der Waals surface area (Å²) in [6, 6.07) is 19.6. The molecule has 0 amide bonds. The van der Waals surface area contributed by atoms with Gasteiger partial charge in [0.2, 0.25) is 5.79 Å². The molecule has 5 aromatic rings. The van der Waals surface area contributed by atoms with Crippen LogP contribution < -0.4 is 4.74 Å². The zero-order valence-corrected chi connectivity index (χ0v) is 24.9. The summed E-state index contributed by atoms with van der Waals surface area (Å²) < 4.78 is 68.9. The Hall–Kier alpha value is -4.41. The maximum absolute atomic E-state index is 14.0. The van der Waals surface area contributed by atoms with E-state index in [1.165, 1.54) is 29.8 Å². The third-order valence-electron chi connectivity index (χ3n) is 8.06. The third kappa shape index (κ3) is 5.76. The molecule has 0 radical (unpaired) electrons.